The number of carbonyl (C=O) groups excluding carboxylic acids is 1. The van der Waals surface area contributed by atoms with Crippen molar-refractivity contribution < 1.29 is 4.79 Å². The van der Waals surface area contributed by atoms with E-state index in [-0.39, 0.29) is 5.91 Å². The fraction of sp³-hybridized carbons (Fsp3) is 0.375. The molecule has 1 atom stereocenters. The number of amides is 1. The molecule has 5 nitrogen and oxygen atoms in total. The molecule has 0 radical (unpaired) electrons. The molecule has 4 N–H and O–H groups in total. The topological polar surface area (TPSA) is 85.2 Å². The highest BCUT2D eigenvalue weighted by molar-refractivity contribution is 5.94. The van der Waals surface area contributed by atoms with Crippen LogP contribution in [-0.4, -0.2) is 24.0 Å². The molecule has 2 heterocycles. The minimum absolute atomic E-state index is 0.238. The summed E-state index contributed by atoms with van der Waals surface area (Å²) in [6.45, 7) is 3.79. The largest absolute Gasteiger partial charge is 0.370 e. The highest BCUT2D eigenvalue weighted by Crippen LogP contribution is 2.37. The Kier molecular flexibility index (Phi) is 3.29. The van der Waals surface area contributed by atoms with Gasteiger partial charge in [-0.1, -0.05) is 18.2 Å². The summed E-state index contributed by atoms with van der Waals surface area (Å²) in [5, 5.41) is 1.08. The summed E-state index contributed by atoms with van der Waals surface area (Å²) < 4.78 is 0. The molecule has 0 spiro atoms. The molecule has 1 saturated heterocycles. The van der Waals surface area contributed by atoms with Crippen molar-refractivity contribution in [1.82, 2.24) is 4.98 Å². The highest BCUT2D eigenvalue weighted by atomic mass is 16.1. The first-order valence-electron chi connectivity index (χ1n) is 7.17. The monoisotopic (exact) mass is 284 g/mol. The molecule has 1 aliphatic heterocycles. The van der Waals surface area contributed by atoms with E-state index in [9.17, 15) is 4.79 Å². The van der Waals surface area contributed by atoms with Gasteiger partial charge in [-0.25, -0.2) is 0 Å². The first kappa shape index (κ1) is 13.8. The molecule has 1 aliphatic rings. The maximum absolute atomic E-state index is 11.7. The Morgan fingerprint density at radius 2 is 2.19 bits per heavy atom. The van der Waals surface area contributed by atoms with Crippen molar-refractivity contribution in [2.75, 3.05) is 18.0 Å². The van der Waals surface area contributed by atoms with Gasteiger partial charge in [0.05, 0.1) is 16.6 Å². The smallest absolute Gasteiger partial charge is 0.225 e. The van der Waals surface area contributed by atoms with Gasteiger partial charge < -0.3 is 16.4 Å². The van der Waals surface area contributed by atoms with Crippen molar-refractivity contribution in [3.63, 3.8) is 0 Å². The molecule has 1 amide bonds. The molecular weight excluding hydrogens is 264 g/mol. The van der Waals surface area contributed by atoms with E-state index < -0.39 is 5.41 Å². The van der Waals surface area contributed by atoms with Crippen LogP contribution in [0.1, 0.15) is 18.9 Å². The molecule has 1 fully saturated rings. The molecule has 1 aromatic carbocycles. The minimum atomic E-state index is -0.476. The summed E-state index contributed by atoms with van der Waals surface area (Å²) in [5.74, 6) is -0.238. The quantitative estimate of drug-likeness (QED) is 0.892. The van der Waals surface area contributed by atoms with Crippen molar-refractivity contribution in [2.45, 2.75) is 19.9 Å². The number of nitrogens with two attached hydrogens (primary N) is 2. The Balaban J connectivity index is 2.10. The minimum Gasteiger partial charge on any atom is -0.370 e. The zero-order valence-electron chi connectivity index (χ0n) is 12.2. The molecule has 3 rings (SSSR count). The van der Waals surface area contributed by atoms with Gasteiger partial charge >= 0.3 is 0 Å². The summed E-state index contributed by atoms with van der Waals surface area (Å²) in [5.41, 5.74) is 14.0. The van der Waals surface area contributed by atoms with Gasteiger partial charge in [0.25, 0.3) is 0 Å². The number of hydrogen-bond acceptors (Lipinski definition) is 4. The predicted molar refractivity (Wildman–Crippen MR) is 83.8 cm³/mol. The number of rotatable bonds is 3. The molecule has 0 aliphatic carbocycles. The first-order chi connectivity index (χ1) is 10.0. The van der Waals surface area contributed by atoms with Crippen LogP contribution in [-0.2, 0) is 11.3 Å². The molecule has 110 valence electrons. The molecule has 1 aromatic heterocycles. The Hall–Kier alpha value is -2.14. The maximum Gasteiger partial charge on any atom is 0.225 e. The van der Waals surface area contributed by atoms with Crippen LogP contribution >= 0.6 is 0 Å². The van der Waals surface area contributed by atoms with Gasteiger partial charge in [-0.3, -0.25) is 9.78 Å². The second kappa shape index (κ2) is 5.00. The molecule has 0 saturated carbocycles. The molecule has 1 unspecified atom stereocenters. The first-order valence-corrected chi connectivity index (χ1v) is 7.17. The molecule has 0 bridgehead atoms. The summed E-state index contributed by atoms with van der Waals surface area (Å²) in [4.78, 5) is 18.4. The molecule has 2 aromatic rings. The van der Waals surface area contributed by atoms with Gasteiger partial charge in [0.1, 0.15) is 0 Å². The lowest BCUT2D eigenvalue weighted by Crippen LogP contribution is -2.37. The second-order valence-electron chi connectivity index (χ2n) is 5.95. The fourth-order valence-electron chi connectivity index (χ4n) is 3.04. The normalized spacial score (nSPS) is 21.9. The van der Waals surface area contributed by atoms with E-state index in [1.54, 1.807) is 0 Å². The lowest BCUT2D eigenvalue weighted by atomic mass is 9.89. The van der Waals surface area contributed by atoms with Crippen LogP contribution in [0.3, 0.4) is 0 Å². The maximum atomic E-state index is 11.7. The van der Waals surface area contributed by atoms with Crippen LogP contribution in [0.2, 0.25) is 0 Å². The van der Waals surface area contributed by atoms with E-state index in [4.69, 9.17) is 11.5 Å². The predicted octanol–water partition coefficient (Wildman–Crippen LogP) is 1.40. The summed E-state index contributed by atoms with van der Waals surface area (Å²) >= 11 is 0. The number of nitrogens with zero attached hydrogens (tertiary/aromatic N) is 2. The van der Waals surface area contributed by atoms with Gasteiger partial charge in [-0.05, 0) is 19.4 Å². The van der Waals surface area contributed by atoms with Crippen LogP contribution in [0.4, 0.5) is 5.69 Å². The van der Waals surface area contributed by atoms with Crippen LogP contribution in [0.5, 0.6) is 0 Å². The van der Waals surface area contributed by atoms with Crippen LogP contribution in [0.15, 0.2) is 30.5 Å². The van der Waals surface area contributed by atoms with Crippen molar-refractivity contribution >= 4 is 22.5 Å². The standard InChI is InChI=1S/C16H20N4O/c1-16(15(18)21)6-7-20(10-16)14-11(8-17)9-19-13-5-3-2-4-12(13)14/h2-5,9H,6-8,10,17H2,1H3,(H2,18,21). The average Bonchev–Trinajstić information content (AvgIpc) is 2.89. The van der Waals surface area contributed by atoms with Crippen LogP contribution in [0.25, 0.3) is 10.9 Å². The van der Waals surface area contributed by atoms with Crippen molar-refractivity contribution in [2.24, 2.45) is 16.9 Å². The number of hydrogen-bond donors (Lipinski definition) is 2. The van der Waals surface area contributed by atoms with E-state index >= 15 is 0 Å². The number of carbonyl (C=O) groups is 1. The summed E-state index contributed by atoms with van der Waals surface area (Å²) in [6, 6.07) is 8.01. The SMILES string of the molecule is CC1(C(N)=O)CCN(c2c(CN)cnc3ccccc23)C1. The number of para-hydroxylation sites is 1. The molecule has 5 heteroatoms. The number of pyridine rings is 1. The zero-order valence-corrected chi connectivity index (χ0v) is 12.2. The third kappa shape index (κ3) is 2.23. The van der Waals surface area contributed by atoms with E-state index in [0.29, 0.717) is 13.1 Å². The fourth-order valence-corrected chi connectivity index (χ4v) is 3.04. The third-order valence-electron chi connectivity index (χ3n) is 4.43. The number of primary amides is 1. The number of anilines is 1. The Bertz CT molecular complexity index is 700. The summed E-state index contributed by atoms with van der Waals surface area (Å²) in [6.07, 6.45) is 2.60. The lowest BCUT2D eigenvalue weighted by Gasteiger charge is -2.25. The van der Waals surface area contributed by atoms with Gasteiger partial charge in [0.2, 0.25) is 5.91 Å². The second-order valence-corrected chi connectivity index (χ2v) is 5.95. The highest BCUT2D eigenvalue weighted by Gasteiger charge is 2.39. The molecule has 21 heavy (non-hydrogen) atoms. The lowest BCUT2D eigenvalue weighted by molar-refractivity contribution is -0.125. The van der Waals surface area contributed by atoms with Gasteiger partial charge in [-0.15, -0.1) is 0 Å². The Morgan fingerprint density at radius 3 is 2.86 bits per heavy atom. The zero-order chi connectivity index (χ0) is 15.0. The number of benzene rings is 1. The van der Waals surface area contributed by atoms with Crippen molar-refractivity contribution in [3.05, 3.63) is 36.0 Å². The van der Waals surface area contributed by atoms with Crippen molar-refractivity contribution in [3.8, 4) is 0 Å². The van der Waals surface area contributed by atoms with Crippen molar-refractivity contribution in [1.29, 1.82) is 0 Å². The van der Waals surface area contributed by atoms with Crippen LogP contribution < -0.4 is 16.4 Å². The van der Waals surface area contributed by atoms with E-state index in [1.807, 2.05) is 31.3 Å². The summed E-state index contributed by atoms with van der Waals surface area (Å²) in [7, 11) is 0. The van der Waals surface area contributed by atoms with Gasteiger partial charge in [0, 0.05) is 36.8 Å². The number of fused-ring (bicyclic) bond motifs is 1. The van der Waals surface area contributed by atoms with Gasteiger partial charge in [-0.2, -0.15) is 0 Å². The van der Waals surface area contributed by atoms with E-state index in [0.717, 1.165) is 35.1 Å². The average molecular weight is 284 g/mol. The third-order valence-corrected chi connectivity index (χ3v) is 4.43. The Morgan fingerprint density at radius 1 is 1.43 bits per heavy atom. The van der Waals surface area contributed by atoms with E-state index in [1.165, 1.54) is 0 Å². The number of aromatic nitrogens is 1. The van der Waals surface area contributed by atoms with Gasteiger partial charge in [0.15, 0.2) is 0 Å². The molecular formula is C16H20N4O. The van der Waals surface area contributed by atoms with E-state index in [2.05, 4.69) is 16.0 Å². The van der Waals surface area contributed by atoms with Crippen LogP contribution in [0, 0.1) is 5.41 Å². The Labute approximate surface area is 123 Å².